The molecule has 0 fully saturated rings. The van der Waals surface area contributed by atoms with Crippen molar-refractivity contribution in [2.45, 2.75) is 32.4 Å². The SMILES string of the molecule is Cn1nnc(CNc2cc(CC(C)(C)OC=O)ccc2N)n1. The van der Waals surface area contributed by atoms with Crippen molar-refractivity contribution in [2.75, 3.05) is 11.1 Å². The van der Waals surface area contributed by atoms with Gasteiger partial charge in [-0.1, -0.05) is 6.07 Å². The fourth-order valence-corrected chi connectivity index (χ4v) is 2.10. The summed E-state index contributed by atoms with van der Waals surface area (Å²) < 4.78 is 5.07. The van der Waals surface area contributed by atoms with E-state index in [1.807, 2.05) is 32.0 Å². The average molecular weight is 304 g/mol. The quantitative estimate of drug-likeness (QED) is 0.578. The van der Waals surface area contributed by atoms with Crippen molar-refractivity contribution in [3.63, 3.8) is 0 Å². The highest BCUT2D eigenvalue weighted by Crippen LogP contribution is 2.24. The van der Waals surface area contributed by atoms with E-state index in [0.29, 0.717) is 30.9 Å². The fraction of sp³-hybridized carbons (Fsp3) is 0.429. The molecule has 2 rings (SSSR count). The molecule has 0 aliphatic heterocycles. The maximum absolute atomic E-state index is 10.5. The van der Waals surface area contributed by atoms with Gasteiger partial charge in [-0.15, -0.1) is 10.2 Å². The zero-order chi connectivity index (χ0) is 16.2. The van der Waals surface area contributed by atoms with Crippen molar-refractivity contribution in [3.05, 3.63) is 29.6 Å². The molecule has 0 aliphatic rings. The van der Waals surface area contributed by atoms with Crippen molar-refractivity contribution in [2.24, 2.45) is 7.05 Å². The van der Waals surface area contributed by atoms with Crippen LogP contribution in [0.4, 0.5) is 11.4 Å². The molecule has 8 heteroatoms. The molecule has 8 nitrogen and oxygen atoms in total. The van der Waals surface area contributed by atoms with Crippen LogP contribution in [0.3, 0.4) is 0 Å². The van der Waals surface area contributed by atoms with Crippen LogP contribution in [-0.2, 0) is 29.5 Å². The molecule has 0 radical (unpaired) electrons. The lowest BCUT2D eigenvalue weighted by molar-refractivity contribution is -0.140. The van der Waals surface area contributed by atoms with Gasteiger partial charge in [0.25, 0.3) is 6.47 Å². The number of tetrazole rings is 1. The first kappa shape index (κ1) is 15.7. The molecule has 22 heavy (non-hydrogen) atoms. The second-order valence-electron chi connectivity index (χ2n) is 5.62. The first-order chi connectivity index (χ1) is 10.4. The van der Waals surface area contributed by atoms with Crippen LogP contribution in [-0.4, -0.2) is 32.3 Å². The molecule has 2 aromatic rings. The lowest BCUT2D eigenvalue weighted by atomic mass is 9.97. The van der Waals surface area contributed by atoms with E-state index in [4.69, 9.17) is 10.5 Å². The Hall–Kier alpha value is -2.64. The molecule has 1 aromatic carbocycles. The van der Waals surface area contributed by atoms with Gasteiger partial charge in [-0.2, -0.15) is 4.80 Å². The lowest BCUT2D eigenvalue weighted by Crippen LogP contribution is -2.26. The summed E-state index contributed by atoms with van der Waals surface area (Å²) in [7, 11) is 1.71. The number of benzene rings is 1. The van der Waals surface area contributed by atoms with Crippen molar-refractivity contribution in [3.8, 4) is 0 Å². The molecule has 0 unspecified atom stereocenters. The number of aromatic nitrogens is 4. The lowest BCUT2D eigenvalue weighted by Gasteiger charge is -2.23. The summed E-state index contributed by atoms with van der Waals surface area (Å²) >= 11 is 0. The van der Waals surface area contributed by atoms with Crippen LogP contribution in [0.15, 0.2) is 18.2 Å². The molecule has 0 aliphatic carbocycles. The monoisotopic (exact) mass is 304 g/mol. The largest absolute Gasteiger partial charge is 0.462 e. The smallest absolute Gasteiger partial charge is 0.293 e. The number of carbonyl (C=O) groups is 1. The van der Waals surface area contributed by atoms with E-state index in [1.165, 1.54) is 4.80 Å². The van der Waals surface area contributed by atoms with Crippen LogP contribution in [0, 0.1) is 0 Å². The Morgan fingerprint density at radius 2 is 2.23 bits per heavy atom. The predicted octanol–water partition coefficient (Wildman–Crippen LogP) is 0.898. The minimum absolute atomic E-state index is 0.426. The van der Waals surface area contributed by atoms with Gasteiger partial charge < -0.3 is 15.8 Å². The van der Waals surface area contributed by atoms with Gasteiger partial charge in [-0.3, -0.25) is 4.79 Å². The number of rotatable bonds is 7. The van der Waals surface area contributed by atoms with Gasteiger partial charge in [0.05, 0.1) is 25.0 Å². The zero-order valence-corrected chi connectivity index (χ0v) is 12.9. The van der Waals surface area contributed by atoms with Crippen LogP contribution in [0.1, 0.15) is 25.2 Å². The molecular weight excluding hydrogens is 284 g/mol. The molecule has 0 amide bonds. The summed E-state index contributed by atoms with van der Waals surface area (Å²) in [4.78, 5) is 11.9. The van der Waals surface area contributed by atoms with E-state index < -0.39 is 5.60 Å². The highest BCUT2D eigenvalue weighted by atomic mass is 16.5. The topological polar surface area (TPSA) is 108 Å². The highest BCUT2D eigenvalue weighted by molar-refractivity contribution is 5.67. The summed E-state index contributed by atoms with van der Waals surface area (Å²) in [6.07, 6.45) is 0.587. The van der Waals surface area contributed by atoms with Crippen molar-refractivity contribution >= 4 is 17.8 Å². The molecular formula is C14H20N6O2. The Bertz CT molecular complexity index is 653. The van der Waals surface area contributed by atoms with Crippen LogP contribution < -0.4 is 11.1 Å². The van der Waals surface area contributed by atoms with Crippen LogP contribution in [0.25, 0.3) is 0 Å². The Morgan fingerprint density at radius 1 is 1.45 bits per heavy atom. The second kappa shape index (κ2) is 6.42. The van der Waals surface area contributed by atoms with Crippen molar-refractivity contribution in [1.82, 2.24) is 20.2 Å². The van der Waals surface area contributed by atoms with E-state index in [9.17, 15) is 4.79 Å². The minimum atomic E-state index is -0.568. The van der Waals surface area contributed by atoms with E-state index in [1.54, 1.807) is 7.05 Å². The van der Waals surface area contributed by atoms with E-state index >= 15 is 0 Å². The van der Waals surface area contributed by atoms with Crippen molar-refractivity contribution in [1.29, 1.82) is 0 Å². The van der Waals surface area contributed by atoms with Gasteiger partial charge in [0.2, 0.25) is 0 Å². The maximum atomic E-state index is 10.5. The zero-order valence-electron chi connectivity index (χ0n) is 12.9. The third-order valence-electron chi connectivity index (χ3n) is 3.10. The molecule has 118 valence electrons. The highest BCUT2D eigenvalue weighted by Gasteiger charge is 2.19. The van der Waals surface area contributed by atoms with Gasteiger partial charge in [0, 0.05) is 6.42 Å². The number of nitrogens with two attached hydrogens (primary N) is 1. The number of anilines is 2. The minimum Gasteiger partial charge on any atom is -0.462 e. The molecule has 1 aromatic heterocycles. The standard InChI is InChI=1S/C14H20N6O2/c1-14(2,22-9-21)7-10-4-5-11(15)12(6-10)16-8-13-17-19-20(3)18-13/h4-6,9,16H,7-8,15H2,1-3H3. The number of nitrogens with one attached hydrogen (secondary N) is 1. The third-order valence-corrected chi connectivity index (χ3v) is 3.10. The van der Waals surface area contributed by atoms with Gasteiger partial charge in [-0.25, -0.2) is 0 Å². The maximum Gasteiger partial charge on any atom is 0.293 e. The second-order valence-corrected chi connectivity index (χ2v) is 5.62. The molecule has 0 atom stereocenters. The summed E-state index contributed by atoms with van der Waals surface area (Å²) in [6, 6.07) is 5.66. The Morgan fingerprint density at radius 3 is 2.86 bits per heavy atom. The fourth-order valence-electron chi connectivity index (χ4n) is 2.10. The number of aryl methyl sites for hydroxylation is 1. The van der Waals surface area contributed by atoms with E-state index in [-0.39, 0.29) is 0 Å². The first-order valence-corrected chi connectivity index (χ1v) is 6.86. The number of nitrogens with zero attached hydrogens (tertiary/aromatic N) is 4. The van der Waals surface area contributed by atoms with Crippen molar-refractivity contribution < 1.29 is 9.53 Å². The number of nitrogen functional groups attached to an aromatic ring is 1. The van der Waals surface area contributed by atoms with Gasteiger partial charge >= 0.3 is 0 Å². The predicted molar refractivity (Wildman–Crippen MR) is 81.9 cm³/mol. The average Bonchev–Trinajstić information content (AvgIpc) is 2.85. The first-order valence-electron chi connectivity index (χ1n) is 6.86. The number of ether oxygens (including phenoxy) is 1. The molecule has 0 spiro atoms. The summed E-state index contributed by atoms with van der Waals surface area (Å²) in [5, 5.41) is 15.0. The van der Waals surface area contributed by atoms with E-state index in [0.717, 1.165) is 11.3 Å². The van der Waals surface area contributed by atoms with E-state index in [2.05, 4.69) is 20.7 Å². The molecule has 1 heterocycles. The summed E-state index contributed by atoms with van der Waals surface area (Å²) in [5.74, 6) is 0.580. The summed E-state index contributed by atoms with van der Waals surface area (Å²) in [6.45, 7) is 4.61. The third kappa shape index (κ3) is 4.18. The number of hydrogen-bond donors (Lipinski definition) is 2. The number of carbonyl (C=O) groups excluding carboxylic acids is 1. The molecule has 0 saturated heterocycles. The normalized spacial score (nSPS) is 11.2. The Balaban J connectivity index is 2.07. The van der Waals surface area contributed by atoms with Crippen LogP contribution in [0.5, 0.6) is 0 Å². The summed E-state index contributed by atoms with van der Waals surface area (Å²) in [5.41, 5.74) is 7.82. The van der Waals surface area contributed by atoms with Crippen LogP contribution in [0.2, 0.25) is 0 Å². The van der Waals surface area contributed by atoms with Gasteiger partial charge in [0.15, 0.2) is 5.82 Å². The molecule has 0 saturated carbocycles. The Kier molecular flexibility index (Phi) is 4.59. The van der Waals surface area contributed by atoms with Gasteiger partial charge in [0.1, 0.15) is 5.60 Å². The Labute approximate surface area is 128 Å². The van der Waals surface area contributed by atoms with Crippen LogP contribution >= 0.6 is 0 Å². The molecule has 0 bridgehead atoms. The van der Waals surface area contributed by atoms with Gasteiger partial charge in [-0.05, 0) is 36.8 Å². The molecule has 3 N–H and O–H groups in total. The number of hydrogen-bond acceptors (Lipinski definition) is 7.